The minimum absolute atomic E-state index is 0.113. The molecule has 1 amide bonds. The molecule has 210 valence electrons. The van der Waals surface area contributed by atoms with E-state index in [0.717, 1.165) is 39.6 Å². The van der Waals surface area contributed by atoms with Gasteiger partial charge in [-0.25, -0.2) is 14.8 Å². The lowest BCUT2D eigenvalue weighted by atomic mass is 9.95. The SMILES string of the molecule is CC(C)(C)OC(=O)N1CC2CN(c3sc(-c4ccc5c(c4)ncn5C4CCCCC4)c4nc[nH]c(=O)c34)CC2C1. The quantitative estimate of drug-likeness (QED) is 0.340. The van der Waals surface area contributed by atoms with Gasteiger partial charge in [-0.15, -0.1) is 11.3 Å². The number of thiophene rings is 1. The van der Waals surface area contributed by atoms with Crippen LogP contribution in [0.4, 0.5) is 9.80 Å². The van der Waals surface area contributed by atoms with Crippen molar-refractivity contribution in [1.29, 1.82) is 0 Å². The number of fused-ring (bicyclic) bond motifs is 3. The van der Waals surface area contributed by atoms with Crippen molar-refractivity contribution in [3.63, 3.8) is 0 Å². The molecular formula is C30H36N6O3S. The van der Waals surface area contributed by atoms with Crippen molar-refractivity contribution in [3.8, 4) is 10.4 Å². The normalized spacial score (nSPS) is 22.0. The first-order chi connectivity index (χ1) is 19.2. The predicted octanol–water partition coefficient (Wildman–Crippen LogP) is 5.81. The second-order valence-electron chi connectivity index (χ2n) is 12.6. The smallest absolute Gasteiger partial charge is 0.410 e. The Bertz CT molecular complexity index is 1630. The zero-order valence-electron chi connectivity index (χ0n) is 23.4. The van der Waals surface area contributed by atoms with E-state index >= 15 is 0 Å². The van der Waals surface area contributed by atoms with Crippen LogP contribution in [0.1, 0.15) is 58.9 Å². The van der Waals surface area contributed by atoms with Gasteiger partial charge in [-0.3, -0.25) is 4.79 Å². The number of ether oxygens (including phenoxy) is 1. The van der Waals surface area contributed by atoms with E-state index in [1.807, 2.05) is 32.0 Å². The number of anilines is 1. The van der Waals surface area contributed by atoms with Gasteiger partial charge in [0, 0.05) is 44.1 Å². The third-order valence-corrected chi connectivity index (χ3v) is 10.00. The molecule has 2 unspecified atom stereocenters. The average molecular weight is 561 g/mol. The molecule has 1 aliphatic carbocycles. The van der Waals surface area contributed by atoms with E-state index in [0.29, 0.717) is 36.4 Å². The number of carbonyl (C=O) groups is 1. The van der Waals surface area contributed by atoms with Crippen LogP contribution < -0.4 is 10.5 Å². The molecule has 3 aromatic heterocycles. The summed E-state index contributed by atoms with van der Waals surface area (Å²) < 4.78 is 7.96. The number of imidazole rings is 1. The van der Waals surface area contributed by atoms with Crippen LogP contribution >= 0.6 is 11.3 Å². The Kier molecular flexibility index (Phi) is 6.14. The highest BCUT2D eigenvalue weighted by atomic mass is 32.1. The highest BCUT2D eigenvalue weighted by Gasteiger charge is 2.43. The Labute approximate surface area is 237 Å². The van der Waals surface area contributed by atoms with E-state index in [1.54, 1.807) is 11.3 Å². The number of hydrogen-bond donors (Lipinski definition) is 1. The van der Waals surface area contributed by atoms with Crippen LogP contribution in [0.3, 0.4) is 0 Å². The number of H-pyrrole nitrogens is 1. The molecule has 2 atom stereocenters. The molecular weight excluding hydrogens is 524 g/mol. The first kappa shape index (κ1) is 25.6. The Hall–Kier alpha value is -3.40. The molecule has 2 saturated heterocycles. The van der Waals surface area contributed by atoms with Crippen LogP contribution in [0, 0.1) is 11.8 Å². The summed E-state index contributed by atoms with van der Waals surface area (Å²) in [6.07, 6.45) is 9.58. The lowest BCUT2D eigenvalue weighted by molar-refractivity contribution is 0.0282. The minimum Gasteiger partial charge on any atom is -0.444 e. The molecule has 9 nitrogen and oxygen atoms in total. The largest absolute Gasteiger partial charge is 0.444 e. The van der Waals surface area contributed by atoms with Gasteiger partial charge in [-0.1, -0.05) is 25.3 Å². The Balaban J connectivity index is 1.18. The Morgan fingerprint density at radius 3 is 2.52 bits per heavy atom. The molecule has 7 rings (SSSR count). The molecule has 1 saturated carbocycles. The van der Waals surface area contributed by atoms with E-state index in [9.17, 15) is 9.59 Å². The van der Waals surface area contributed by atoms with Crippen molar-refractivity contribution in [2.45, 2.75) is 64.5 Å². The zero-order valence-corrected chi connectivity index (χ0v) is 24.2. The molecule has 0 radical (unpaired) electrons. The number of carbonyl (C=O) groups excluding carboxylic acids is 1. The lowest BCUT2D eigenvalue weighted by Gasteiger charge is -2.26. The van der Waals surface area contributed by atoms with Crippen molar-refractivity contribution in [1.82, 2.24) is 24.4 Å². The van der Waals surface area contributed by atoms with Crippen molar-refractivity contribution < 1.29 is 9.53 Å². The van der Waals surface area contributed by atoms with Crippen LogP contribution in [-0.2, 0) is 4.74 Å². The fourth-order valence-electron chi connectivity index (χ4n) is 6.84. The summed E-state index contributed by atoms with van der Waals surface area (Å²) in [5.41, 5.74) is 3.31. The number of nitrogens with zero attached hydrogens (tertiary/aromatic N) is 5. The van der Waals surface area contributed by atoms with Crippen LogP contribution in [0.25, 0.3) is 32.4 Å². The zero-order chi connectivity index (χ0) is 27.6. The molecule has 3 fully saturated rings. The summed E-state index contributed by atoms with van der Waals surface area (Å²) in [7, 11) is 0. The minimum atomic E-state index is -0.502. The lowest BCUT2D eigenvalue weighted by Crippen LogP contribution is -2.37. The van der Waals surface area contributed by atoms with Gasteiger partial charge in [0.2, 0.25) is 0 Å². The third kappa shape index (κ3) is 4.46. The summed E-state index contributed by atoms with van der Waals surface area (Å²) in [4.78, 5) is 43.1. The molecule has 3 aliphatic rings. The number of benzene rings is 1. The fourth-order valence-corrected chi connectivity index (χ4v) is 8.10. The summed E-state index contributed by atoms with van der Waals surface area (Å²) in [5.74, 6) is 0.702. The van der Waals surface area contributed by atoms with Crippen LogP contribution in [0.15, 0.2) is 35.6 Å². The molecule has 1 N–H and O–H groups in total. The number of rotatable bonds is 3. The van der Waals surface area contributed by atoms with E-state index in [-0.39, 0.29) is 11.7 Å². The van der Waals surface area contributed by atoms with Crippen molar-refractivity contribution in [2.24, 2.45) is 11.8 Å². The molecule has 0 spiro atoms. The first-order valence-corrected chi connectivity index (χ1v) is 15.3. The summed E-state index contributed by atoms with van der Waals surface area (Å²) in [6, 6.07) is 7.00. The highest BCUT2D eigenvalue weighted by Crippen LogP contribution is 2.45. The Morgan fingerprint density at radius 2 is 1.80 bits per heavy atom. The maximum Gasteiger partial charge on any atom is 0.410 e. The summed E-state index contributed by atoms with van der Waals surface area (Å²) in [5, 5.41) is 1.62. The fraction of sp³-hybridized carbons (Fsp3) is 0.533. The van der Waals surface area contributed by atoms with Crippen LogP contribution in [0.2, 0.25) is 0 Å². The van der Waals surface area contributed by atoms with Crippen LogP contribution in [-0.4, -0.2) is 62.3 Å². The topological polar surface area (TPSA) is 96.3 Å². The predicted molar refractivity (Wildman–Crippen MR) is 158 cm³/mol. The van der Waals surface area contributed by atoms with E-state index < -0.39 is 5.60 Å². The van der Waals surface area contributed by atoms with Gasteiger partial charge < -0.3 is 24.1 Å². The molecule has 4 aromatic rings. The van der Waals surface area contributed by atoms with Gasteiger partial charge in [0.25, 0.3) is 5.56 Å². The summed E-state index contributed by atoms with van der Waals surface area (Å²) >= 11 is 1.64. The van der Waals surface area contributed by atoms with Gasteiger partial charge in [0.15, 0.2) is 0 Å². The van der Waals surface area contributed by atoms with E-state index in [1.165, 1.54) is 43.9 Å². The van der Waals surface area contributed by atoms with E-state index in [4.69, 9.17) is 9.72 Å². The second-order valence-corrected chi connectivity index (χ2v) is 13.6. The van der Waals surface area contributed by atoms with E-state index in [2.05, 4.69) is 37.6 Å². The maximum atomic E-state index is 13.1. The third-order valence-electron chi connectivity index (χ3n) is 8.71. The molecule has 0 bridgehead atoms. The molecule has 10 heteroatoms. The number of aromatic nitrogens is 4. The monoisotopic (exact) mass is 560 g/mol. The number of amides is 1. The van der Waals surface area contributed by atoms with Gasteiger partial charge in [-0.2, -0.15) is 0 Å². The molecule has 40 heavy (non-hydrogen) atoms. The highest BCUT2D eigenvalue weighted by molar-refractivity contribution is 7.21. The van der Waals surface area contributed by atoms with Gasteiger partial charge in [-0.05, 0) is 51.3 Å². The van der Waals surface area contributed by atoms with Crippen molar-refractivity contribution in [3.05, 3.63) is 41.2 Å². The number of hydrogen-bond acceptors (Lipinski definition) is 7. The standard InChI is InChI=1S/C30H36N6O3S/c1-30(2,3)39-29(38)35-14-19-12-34(13-20(19)15-35)28-24-25(31-16-32-27(24)37)26(40-28)18-9-10-23-22(11-18)33-17-36(23)21-7-5-4-6-8-21/h9-11,16-17,19-21H,4-8,12-15H2,1-3H3,(H,31,32,37). The average Bonchev–Trinajstić information content (AvgIpc) is 3.68. The molecule has 5 heterocycles. The molecule has 2 aliphatic heterocycles. The number of aromatic amines is 1. The number of likely N-dealkylation sites (tertiary alicyclic amines) is 1. The van der Waals surface area contributed by atoms with Gasteiger partial charge in [0.1, 0.15) is 16.0 Å². The van der Waals surface area contributed by atoms with Crippen LogP contribution in [0.5, 0.6) is 0 Å². The maximum absolute atomic E-state index is 13.1. The first-order valence-electron chi connectivity index (χ1n) is 14.5. The Morgan fingerprint density at radius 1 is 1.05 bits per heavy atom. The van der Waals surface area contributed by atoms with Crippen molar-refractivity contribution >= 4 is 44.4 Å². The van der Waals surface area contributed by atoms with Gasteiger partial charge >= 0.3 is 6.09 Å². The second kappa shape index (κ2) is 9.61. The molecule has 1 aromatic carbocycles. The van der Waals surface area contributed by atoms with Gasteiger partial charge in [0.05, 0.1) is 34.1 Å². The summed E-state index contributed by atoms with van der Waals surface area (Å²) in [6.45, 7) is 8.66. The van der Waals surface area contributed by atoms with Crippen molar-refractivity contribution in [2.75, 3.05) is 31.1 Å². The number of nitrogens with one attached hydrogen (secondary N) is 1.